The molecule has 0 unspecified atom stereocenters. The third-order valence-corrected chi connectivity index (χ3v) is 4.83. The van der Waals surface area contributed by atoms with Crippen LogP contribution in [0.3, 0.4) is 0 Å². The van der Waals surface area contributed by atoms with Crippen molar-refractivity contribution in [3.05, 3.63) is 87.3 Å². The number of carbonyl (C=O) groups excluding carboxylic acids is 1. The third kappa shape index (κ3) is 4.27. The number of nitrogens with zero attached hydrogens (tertiary/aromatic N) is 6. The molecule has 0 aliphatic carbocycles. The molecule has 2 aromatic carbocycles. The van der Waals surface area contributed by atoms with Crippen molar-refractivity contribution in [3.63, 3.8) is 0 Å². The molecule has 1 amide bonds. The SMILES string of the molecule is Cc1cc(=O)c(C(=O)Nc2cc(-n3nnnc3C)ccc2F)nn1-c1ccccc1C(F)(F)F. The second-order valence-corrected chi connectivity index (χ2v) is 7.18. The fraction of sp³-hybridized carbons (Fsp3) is 0.143. The number of aromatic nitrogens is 6. The van der Waals surface area contributed by atoms with E-state index in [1.807, 2.05) is 0 Å². The lowest BCUT2D eigenvalue weighted by atomic mass is 10.1. The summed E-state index contributed by atoms with van der Waals surface area (Å²) < 4.78 is 56.9. The van der Waals surface area contributed by atoms with Crippen molar-refractivity contribution in [2.45, 2.75) is 20.0 Å². The van der Waals surface area contributed by atoms with E-state index in [4.69, 9.17) is 0 Å². The molecule has 13 heteroatoms. The molecule has 0 fully saturated rings. The number of rotatable bonds is 4. The Hall–Kier alpha value is -4.42. The molecule has 174 valence electrons. The van der Waals surface area contributed by atoms with E-state index in [9.17, 15) is 27.2 Å². The van der Waals surface area contributed by atoms with E-state index in [1.165, 1.54) is 35.9 Å². The minimum Gasteiger partial charge on any atom is -0.318 e. The van der Waals surface area contributed by atoms with Crippen LogP contribution in [-0.2, 0) is 6.18 Å². The molecule has 0 saturated carbocycles. The molecule has 1 N–H and O–H groups in total. The Labute approximate surface area is 188 Å². The summed E-state index contributed by atoms with van der Waals surface area (Å²) in [6, 6.07) is 9.24. The van der Waals surface area contributed by atoms with Crippen LogP contribution in [-0.4, -0.2) is 35.9 Å². The monoisotopic (exact) mass is 473 g/mol. The molecular formula is C21H15F4N7O2. The number of hydrogen-bond donors (Lipinski definition) is 1. The van der Waals surface area contributed by atoms with Crippen LogP contribution in [0.2, 0.25) is 0 Å². The van der Waals surface area contributed by atoms with Gasteiger partial charge in [0, 0.05) is 11.8 Å². The number of hydrogen-bond acceptors (Lipinski definition) is 6. The van der Waals surface area contributed by atoms with Crippen LogP contribution in [0.5, 0.6) is 0 Å². The van der Waals surface area contributed by atoms with Crippen LogP contribution in [0.25, 0.3) is 11.4 Å². The highest BCUT2D eigenvalue weighted by atomic mass is 19.4. The average Bonchev–Trinajstić information content (AvgIpc) is 3.20. The van der Waals surface area contributed by atoms with Gasteiger partial charge in [0.25, 0.3) is 5.91 Å². The van der Waals surface area contributed by atoms with Crippen molar-refractivity contribution in [1.82, 2.24) is 30.0 Å². The molecule has 4 rings (SSSR count). The summed E-state index contributed by atoms with van der Waals surface area (Å²) in [5.41, 5.74) is -2.84. The fourth-order valence-electron chi connectivity index (χ4n) is 3.24. The first kappa shape index (κ1) is 22.8. The number of tetrazole rings is 1. The third-order valence-electron chi connectivity index (χ3n) is 4.83. The molecule has 9 nitrogen and oxygen atoms in total. The number of amides is 1. The van der Waals surface area contributed by atoms with Crippen LogP contribution >= 0.6 is 0 Å². The number of anilines is 1. The fourth-order valence-corrected chi connectivity index (χ4v) is 3.24. The summed E-state index contributed by atoms with van der Waals surface area (Å²) in [7, 11) is 0. The van der Waals surface area contributed by atoms with Crippen molar-refractivity contribution >= 4 is 11.6 Å². The van der Waals surface area contributed by atoms with Crippen molar-refractivity contribution < 1.29 is 22.4 Å². The summed E-state index contributed by atoms with van der Waals surface area (Å²) in [5, 5.41) is 17.1. The van der Waals surface area contributed by atoms with E-state index in [2.05, 4.69) is 25.9 Å². The second-order valence-electron chi connectivity index (χ2n) is 7.18. The standard InChI is InChI=1S/C21H15F4N7O2/c1-11-9-18(33)19(28-31(11)17-6-4-3-5-14(17)21(23,24)25)20(34)26-16-10-13(7-8-15(16)22)32-12(2)27-29-30-32/h3-10H,1-2H3,(H,26,34). The van der Waals surface area contributed by atoms with E-state index < -0.39 is 34.6 Å². The quantitative estimate of drug-likeness (QED) is 0.456. The van der Waals surface area contributed by atoms with Gasteiger partial charge in [-0.15, -0.1) is 5.10 Å². The maximum Gasteiger partial charge on any atom is 0.418 e. The number of nitrogens with one attached hydrogen (secondary N) is 1. The number of aryl methyl sites for hydroxylation is 2. The first-order valence-electron chi connectivity index (χ1n) is 9.70. The van der Waals surface area contributed by atoms with Crippen LogP contribution in [0.15, 0.2) is 53.3 Å². The van der Waals surface area contributed by atoms with Crippen molar-refractivity contribution in [2.75, 3.05) is 5.32 Å². The Bertz CT molecular complexity index is 1460. The predicted octanol–water partition coefficient (Wildman–Crippen LogP) is 3.24. The summed E-state index contributed by atoms with van der Waals surface area (Å²) in [6.45, 7) is 2.99. The van der Waals surface area contributed by atoms with Gasteiger partial charge in [-0.05, 0) is 54.6 Å². The zero-order chi connectivity index (χ0) is 24.6. The number of carbonyl (C=O) groups is 1. The minimum atomic E-state index is -4.70. The van der Waals surface area contributed by atoms with E-state index in [0.717, 1.165) is 28.9 Å². The normalized spacial score (nSPS) is 11.5. The highest BCUT2D eigenvalue weighted by Gasteiger charge is 2.34. The highest BCUT2D eigenvalue weighted by Crippen LogP contribution is 2.33. The Balaban J connectivity index is 1.74. The smallest absolute Gasteiger partial charge is 0.318 e. The van der Waals surface area contributed by atoms with Crippen molar-refractivity contribution in [1.29, 1.82) is 0 Å². The zero-order valence-corrected chi connectivity index (χ0v) is 17.6. The van der Waals surface area contributed by atoms with Gasteiger partial charge >= 0.3 is 6.18 Å². The van der Waals surface area contributed by atoms with E-state index >= 15 is 0 Å². The molecule has 0 spiro atoms. The Morgan fingerprint density at radius 1 is 1.03 bits per heavy atom. The largest absolute Gasteiger partial charge is 0.418 e. The molecule has 0 atom stereocenters. The van der Waals surface area contributed by atoms with Gasteiger partial charge in [0.15, 0.2) is 11.5 Å². The predicted molar refractivity (Wildman–Crippen MR) is 111 cm³/mol. The lowest BCUT2D eigenvalue weighted by Gasteiger charge is -2.16. The van der Waals surface area contributed by atoms with Gasteiger partial charge in [0.2, 0.25) is 5.43 Å². The first-order valence-corrected chi connectivity index (χ1v) is 9.70. The van der Waals surface area contributed by atoms with Gasteiger partial charge in [-0.3, -0.25) is 9.59 Å². The number of alkyl halides is 3. The van der Waals surface area contributed by atoms with Crippen molar-refractivity contribution in [3.8, 4) is 11.4 Å². The van der Waals surface area contributed by atoms with Gasteiger partial charge in [0.05, 0.1) is 22.6 Å². The Morgan fingerprint density at radius 2 is 1.76 bits per heavy atom. The first-order chi connectivity index (χ1) is 16.1. The van der Waals surface area contributed by atoms with Gasteiger partial charge in [-0.1, -0.05) is 12.1 Å². The maximum atomic E-state index is 14.4. The van der Waals surface area contributed by atoms with Crippen molar-refractivity contribution in [2.24, 2.45) is 0 Å². The van der Waals surface area contributed by atoms with Crippen LogP contribution in [0.1, 0.15) is 27.6 Å². The average molecular weight is 473 g/mol. The molecule has 0 saturated heterocycles. The lowest BCUT2D eigenvalue weighted by Crippen LogP contribution is -2.28. The van der Waals surface area contributed by atoms with Gasteiger partial charge in [0.1, 0.15) is 5.82 Å². The molecule has 0 aliphatic rings. The lowest BCUT2D eigenvalue weighted by molar-refractivity contribution is -0.137. The summed E-state index contributed by atoms with van der Waals surface area (Å²) >= 11 is 0. The summed E-state index contributed by atoms with van der Waals surface area (Å²) in [4.78, 5) is 25.2. The molecule has 0 bridgehead atoms. The minimum absolute atomic E-state index is 0.0700. The van der Waals surface area contributed by atoms with E-state index in [-0.39, 0.29) is 17.1 Å². The topological polar surface area (TPSA) is 108 Å². The number of benzene rings is 2. The van der Waals surface area contributed by atoms with Gasteiger partial charge in [-0.2, -0.15) is 23.0 Å². The maximum absolute atomic E-state index is 14.4. The van der Waals surface area contributed by atoms with E-state index in [0.29, 0.717) is 11.5 Å². The molecule has 34 heavy (non-hydrogen) atoms. The summed E-state index contributed by atoms with van der Waals surface area (Å²) in [5.74, 6) is -1.53. The Morgan fingerprint density at radius 3 is 2.44 bits per heavy atom. The molecular weight excluding hydrogens is 458 g/mol. The van der Waals surface area contributed by atoms with E-state index in [1.54, 1.807) is 6.92 Å². The Kier molecular flexibility index (Phi) is 5.69. The molecule has 0 radical (unpaired) electrons. The van der Waals surface area contributed by atoms with Gasteiger partial charge in [-0.25, -0.2) is 9.07 Å². The van der Waals surface area contributed by atoms with Gasteiger partial charge < -0.3 is 5.32 Å². The molecule has 4 aromatic rings. The molecule has 0 aliphatic heterocycles. The molecule has 2 heterocycles. The van der Waals surface area contributed by atoms with Crippen LogP contribution in [0.4, 0.5) is 23.2 Å². The summed E-state index contributed by atoms with van der Waals surface area (Å²) in [6.07, 6.45) is -4.70. The van der Waals surface area contributed by atoms with Crippen LogP contribution in [0, 0.1) is 19.7 Å². The highest BCUT2D eigenvalue weighted by molar-refractivity contribution is 6.02. The molecule has 2 aromatic heterocycles. The second kappa shape index (κ2) is 8.50. The zero-order valence-electron chi connectivity index (χ0n) is 17.6. The number of halogens is 4. The number of para-hydroxylation sites is 1. The van der Waals surface area contributed by atoms with Crippen LogP contribution < -0.4 is 10.7 Å².